The van der Waals surface area contributed by atoms with E-state index in [1.54, 1.807) is 18.2 Å². The maximum atomic E-state index is 11.9. The first-order valence-corrected chi connectivity index (χ1v) is 6.81. The van der Waals surface area contributed by atoms with Crippen LogP contribution in [0.1, 0.15) is 21.5 Å². The Kier molecular flexibility index (Phi) is 4.83. The number of nitrogens with one attached hydrogen (secondary N) is 1. The number of rotatable bonds is 3. The van der Waals surface area contributed by atoms with Gasteiger partial charge < -0.3 is 5.11 Å². The van der Waals surface area contributed by atoms with Gasteiger partial charge in [0, 0.05) is 16.1 Å². The average molecular weight is 323 g/mol. The van der Waals surface area contributed by atoms with E-state index in [1.165, 1.54) is 18.3 Å². The molecular weight excluding hydrogens is 311 g/mol. The fourth-order valence-corrected chi connectivity index (χ4v) is 2.20. The van der Waals surface area contributed by atoms with Crippen molar-refractivity contribution in [3.63, 3.8) is 0 Å². The summed E-state index contributed by atoms with van der Waals surface area (Å²) in [4.78, 5) is 11.9. The normalized spacial score (nSPS) is 10.8. The van der Waals surface area contributed by atoms with Crippen LogP contribution in [0.4, 0.5) is 0 Å². The summed E-state index contributed by atoms with van der Waals surface area (Å²) < 4.78 is 0. The zero-order valence-electron chi connectivity index (χ0n) is 11.1. The van der Waals surface area contributed by atoms with Crippen molar-refractivity contribution in [1.82, 2.24) is 5.43 Å². The third-order valence-electron chi connectivity index (χ3n) is 2.71. The first kappa shape index (κ1) is 15.4. The van der Waals surface area contributed by atoms with Gasteiger partial charge in [0.25, 0.3) is 5.91 Å². The van der Waals surface area contributed by atoms with Crippen molar-refractivity contribution in [2.24, 2.45) is 5.10 Å². The Hall–Kier alpha value is -2.04. The molecular formula is C15H12Cl2N2O2. The molecule has 0 radical (unpaired) electrons. The van der Waals surface area contributed by atoms with Crippen molar-refractivity contribution in [3.05, 3.63) is 63.1 Å². The van der Waals surface area contributed by atoms with Crippen molar-refractivity contribution >= 4 is 35.3 Å². The minimum absolute atomic E-state index is 0.119. The second-order valence-electron chi connectivity index (χ2n) is 4.39. The number of nitrogens with zero attached hydrogens (tertiary/aromatic N) is 1. The summed E-state index contributed by atoms with van der Waals surface area (Å²) in [7, 11) is 0. The van der Waals surface area contributed by atoms with Crippen molar-refractivity contribution < 1.29 is 9.90 Å². The van der Waals surface area contributed by atoms with Gasteiger partial charge in [0.2, 0.25) is 0 Å². The Morgan fingerprint density at radius 2 is 2.05 bits per heavy atom. The Bertz CT molecular complexity index is 715. The molecule has 0 spiro atoms. The van der Waals surface area contributed by atoms with Gasteiger partial charge >= 0.3 is 0 Å². The van der Waals surface area contributed by atoms with E-state index in [0.29, 0.717) is 16.1 Å². The van der Waals surface area contributed by atoms with Crippen LogP contribution in [0.5, 0.6) is 5.75 Å². The van der Waals surface area contributed by atoms with Crippen LogP contribution in [0.2, 0.25) is 10.0 Å². The fourth-order valence-electron chi connectivity index (χ4n) is 1.70. The summed E-state index contributed by atoms with van der Waals surface area (Å²) in [6, 6.07) is 10.0. The number of hydrogen-bond donors (Lipinski definition) is 2. The van der Waals surface area contributed by atoms with Gasteiger partial charge in [-0.15, -0.1) is 0 Å². The molecule has 0 atom stereocenters. The van der Waals surface area contributed by atoms with Gasteiger partial charge in [0.05, 0.1) is 11.2 Å². The third kappa shape index (κ3) is 3.97. The lowest BCUT2D eigenvalue weighted by atomic mass is 10.1. The number of carbonyl (C=O) groups is 1. The van der Waals surface area contributed by atoms with Crippen LogP contribution in [-0.2, 0) is 0 Å². The molecule has 108 valence electrons. The van der Waals surface area contributed by atoms with Gasteiger partial charge in [-0.1, -0.05) is 40.9 Å². The molecule has 2 N–H and O–H groups in total. The van der Waals surface area contributed by atoms with Crippen LogP contribution < -0.4 is 5.43 Å². The number of phenolic OH excluding ortho intramolecular Hbond substituents is 1. The number of hydrazone groups is 1. The Labute approximate surface area is 132 Å². The van der Waals surface area contributed by atoms with E-state index < -0.39 is 0 Å². The zero-order chi connectivity index (χ0) is 15.4. The Balaban J connectivity index is 2.11. The largest absolute Gasteiger partial charge is 0.506 e. The maximum Gasteiger partial charge on any atom is 0.271 e. The van der Waals surface area contributed by atoms with E-state index in [-0.39, 0.29) is 16.7 Å². The molecule has 0 aliphatic rings. The van der Waals surface area contributed by atoms with Crippen LogP contribution in [0.25, 0.3) is 0 Å². The average Bonchev–Trinajstić information content (AvgIpc) is 2.43. The third-order valence-corrected chi connectivity index (χ3v) is 3.21. The van der Waals surface area contributed by atoms with Crippen LogP contribution in [0, 0.1) is 6.92 Å². The highest BCUT2D eigenvalue weighted by Crippen LogP contribution is 2.29. The molecule has 0 saturated carbocycles. The molecule has 0 aliphatic heterocycles. The second-order valence-corrected chi connectivity index (χ2v) is 5.24. The molecule has 2 rings (SSSR count). The first-order valence-electron chi connectivity index (χ1n) is 6.05. The van der Waals surface area contributed by atoms with E-state index in [9.17, 15) is 9.90 Å². The lowest BCUT2D eigenvalue weighted by molar-refractivity contribution is 0.0955. The molecule has 6 heteroatoms. The van der Waals surface area contributed by atoms with Gasteiger partial charge in [0.15, 0.2) is 0 Å². The van der Waals surface area contributed by atoms with E-state index >= 15 is 0 Å². The van der Waals surface area contributed by atoms with Crippen LogP contribution in [0.3, 0.4) is 0 Å². The fraction of sp³-hybridized carbons (Fsp3) is 0.0667. The molecule has 0 fully saturated rings. The molecule has 21 heavy (non-hydrogen) atoms. The maximum absolute atomic E-state index is 11.9. The zero-order valence-corrected chi connectivity index (χ0v) is 12.6. The summed E-state index contributed by atoms with van der Waals surface area (Å²) in [5.74, 6) is -0.489. The summed E-state index contributed by atoms with van der Waals surface area (Å²) in [6.45, 7) is 1.89. The summed E-state index contributed by atoms with van der Waals surface area (Å²) in [5.41, 5.74) is 4.17. The van der Waals surface area contributed by atoms with Crippen LogP contribution >= 0.6 is 23.2 Å². The Morgan fingerprint density at radius 1 is 1.29 bits per heavy atom. The quantitative estimate of drug-likeness (QED) is 0.667. The minimum atomic E-state index is -0.345. The highest BCUT2D eigenvalue weighted by atomic mass is 35.5. The van der Waals surface area contributed by atoms with Crippen LogP contribution in [-0.4, -0.2) is 17.2 Å². The van der Waals surface area contributed by atoms with E-state index in [1.807, 2.05) is 13.0 Å². The standard InChI is InChI=1S/C15H12Cl2N2O2/c1-9-3-2-4-10(5-9)15(21)19-18-8-11-6-12(16)7-13(17)14(11)20/h2-8,20H,1H3,(H,19,21)/b18-8-. The van der Waals surface area contributed by atoms with Gasteiger partial charge in [-0.3, -0.25) is 4.79 Å². The lowest BCUT2D eigenvalue weighted by Crippen LogP contribution is -2.17. The van der Waals surface area contributed by atoms with Gasteiger partial charge in [0.1, 0.15) is 5.75 Å². The van der Waals surface area contributed by atoms with E-state index in [0.717, 1.165) is 5.56 Å². The molecule has 0 bridgehead atoms. The number of benzene rings is 2. The molecule has 1 amide bonds. The van der Waals surface area contributed by atoms with E-state index in [4.69, 9.17) is 23.2 Å². The highest BCUT2D eigenvalue weighted by Gasteiger charge is 2.07. The first-order chi connectivity index (χ1) is 9.97. The number of carbonyl (C=O) groups excluding carboxylic acids is 1. The van der Waals surface area contributed by atoms with Gasteiger partial charge in [-0.2, -0.15) is 5.10 Å². The predicted octanol–water partition coefficient (Wildman–Crippen LogP) is 3.77. The van der Waals surface area contributed by atoms with Crippen molar-refractivity contribution in [2.75, 3.05) is 0 Å². The molecule has 0 heterocycles. The SMILES string of the molecule is Cc1cccc(C(=O)N/N=C\c2cc(Cl)cc(Cl)c2O)c1. The number of aryl methyl sites for hydroxylation is 1. The number of aromatic hydroxyl groups is 1. The number of halogens is 2. The smallest absolute Gasteiger partial charge is 0.271 e. The van der Waals surface area contributed by atoms with Crippen molar-refractivity contribution in [3.8, 4) is 5.75 Å². The van der Waals surface area contributed by atoms with E-state index in [2.05, 4.69) is 10.5 Å². The summed E-state index contributed by atoms with van der Waals surface area (Å²) in [6.07, 6.45) is 1.28. The topological polar surface area (TPSA) is 61.7 Å². The molecule has 2 aromatic rings. The van der Waals surface area contributed by atoms with Crippen LogP contribution in [0.15, 0.2) is 41.5 Å². The van der Waals surface area contributed by atoms with Gasteiger partial charge in [-0.25, -0.2) is 5.43 Å². The summed E-state index contributed by atoms with van der Waals surface area (Å²) >= 11 is 11.6. The Morgan fingerprint density at radius 3 is 2.76 bits per heavy atom. The van der Waals surface area contributed by atoms with Crippen molar-refractivity contribution in [2.45, 2.75) is 6.92 Å². The molecule has 0 saturated heterocycles. The highest BCUT2D eigenvalue weighted by molar-refractivity contribution is 6.36. The summed E-state index contributed by atoms with van der Waals surface area (Å²) in [5, 5.41) is 14.0. The molecule has 0 aliphatic carbocycles. The monoisotopic (exact) mass is 322 g/mol. The molecule has 2 aromatic carbocycles. The number of phenols is 1. The predicted molar refractivity (Wildman–Crippen MR) is 84.4 cm³/mol. The lowest BCUT2D eigenvalue weighted by Gasteiger charge is -2.03. The molecule has 0 unspecified atom stereocenters. The molecule has 0 aromatic heterocycles. The minimum Gasteiger partial charge on any atom is -0.506 e. The number of amides is 1. The van der Waals surface area contributed by atoms with Gasteiger partial charge in [-0.05, 0) is 31.2 Å². The second kappa shape index (κ2) is 6.61. The number of hydrogen-bond acceptors (Lipinski definition) is 3. The van der Waals surface area contributed by atoms with Crippen molar-refractivity contribution in [1.29, 1.82) is 0 Å². The molecule has 4 nitrogen and oxygen atoms in total.